The van der Waals surface area contributed by atoms with Crippen LogP contribution in [0.25, 0.3) is 10.9 Å². The molecule has 1 aliphatic heterocycles. The van der Waals surface area contributed by atoms with Gasteiger partial charge in [-0.1, -0.05) is 29.6 Å². The lowest BCUT2D eigenvalue weighted by Gasteiger charge is -2.58. The van der Waals surface area contributed by atoms with Crippen molar-refractivity contribution in [2.75, 3.05) is 29.6 Å². The summed E-state index contributed by atoms with van der Waals surface area (Å²) < 4.78 is 31.2. The number of carbonyl (C=O) groups excluding carboxylic acids is 1. The number of carbonyl (C=O) groups is 1. The Hall–Kier alpha value is -2.92. The molecule has 3 heterocycles. The molecule has 12 heteroatoms. The van der Waals surface area contributed by atoms with Gasteiger partial charge < -0.3 is 10.2 Å². The van der Waals surface area contributed by atoms with Crippen molar-refractivity contribution in [1.29, 1.82) is 0 Å². The van der Waals surface area contributed by atoms with Crippen molar-refractivity contribution in [2.24, 2.45) is 12.5 Å². The van der Waals surface area contributed by atoms with E-state index in [4.69, 9.17) is 16.6 Å². The highest BCUT2D eigenvalue weighted by Crippen LogP contribution is 2.57. The monoisotopic (exact) mass is 548 g/mol. The molecular formula is C25H27ClF2N6O2S. The predicted octanol–water partition coefficient (Wildman–Crippen LogP) is 4.71. The van der Waals surface area contributed by atoms with E-state index >= 15 is 0 Å². The first-order valence-corrected chi connectivity index (χ1v) is 13.4. The molecule has 37 heavy (non-hydrogen) atoms. The van der Waals surface area contributed by atoms with Crippen LogP contribution in [0.4, 0.5) is 20.4 Å². The summed E-state index contributed by atoms with van der Waals surface area (Å²) in [5, 5.41) is 3.99. The number of aryl methyl sites for hydroxylation is 1. The van der Waals surface area contributed by atoms with Crippen molar-refractivity contribution in [1.82, 2.24) is 19.3 Å². The van der Waals surface area contributed by atoms with Crippen molar-refractivity contribution in [3.05, 3.63) is 56.6 Å². The maximum absolute atomic E-state index is 13.5. The Balaban J connectivity index is 1.51. The molecule has 2 aliphatic rings. The lowest BCUT2D eigenvalue weighted by molar-refractivity contribution is -0.170. The number of hydrogen-bond donors (Lipinski definition) is 2. The van der Waals surface area contributed by atoms with Crippen LogP contribution in [-0.4, -0.2) is 45.7 Å². The zero-order valence-electron chi connectivity index (χ0n) is 20.9. The SMILES string of the molecule is CSNC(=O)c1nc(Cl)ccc1NC(C)c1cc(C)cc2c(=O)n(C)c(N3CC4(C3)CC(F)(F)C4)nc12. The van der Waals surface area contributed by atoms with Gasteiger partial charge in [0.15, 0.2) is 5.69 Å². The number of pyridine rings is 1. The van der Waals surface area contributed by atoms with Crippen LogP contribution in [0, 0.1) is 12.3 Å². The Morgan fingerprint density at radius 2 is 1.92 bits per heavy atom. The van der Waals surface area contributed by atoms with Crippen LogP contribution in [0.3, 0.4) is 0 Å². The smallest absolute Gasteiger partial charge is 0.281 e. The van der Waals surface area contributed by atoms with Crippen molar-refractivity contribution in [3.63, 3.8) is 0 Å². The van der Waals surface area contributed by atoms with E-state index in [-0.39, 0.29) is 41.2 Å². The minimum Gasteiger partial charge on any atom is -0.377 e. The molecule has 0 bridgehead atoms. The van der Waals surface area contributed by atoms with Gasteiger partial charge in [0.2, 0.25) is 11.9 Å². The Morgan fingerprint density at radius 3 is 2.57 bits per heavy atom. The fourth-order valence-electron chi connectivity index (χ4n) is 5.50. The maximum Gasteiger partial charge on any atom is 0.281 e. The summed E-state index contributed by atoms with van der Waals surface area (Å²) in [5.74, 6) is -2.52. The van der Waals surface area contributed by atoms with Gasteiger partial charge >= 0.3 is 0 Å². The number of anilines is 2. The summed E-state index contributed by atoms with van der Waals surface area (Å²) in [4.78, 5) is 36.9. The fourth-order valence-corrected chi connectivity index (χ4v) is 5.93. The first kappa shape index (κ1) is 25.7. The van der Waals surface area contributed by atoms with E-state index in [9.17, 15) is 18.4 Å². The molecule has 1 aromatic carbocycles. The third-order valence-corrected chi connectivity index (χ3v) is 7.64. The Morgan fingerprint density at radius 1 is 1.22 bits per heavy atom. The van der Waals surface area contributed by atoms with Gasteiger partial charge in [-0.2, -0.15) is 0 Å². The summed E-state index contributed by atoms with van der Waals surface area (Å²) in [7, 11) is 1.66. The molecule has 2 N–H and O–H groups in total. The van der Waals surface area contributed by atoms with Gasteiger partial charge in [-0.05, 0) is 37.6 Å². The molecule has 1 saturated heterocycles. The zero-order chi connectivity index (χ0) is 26.7. The molecule has 1 atom stereocenters. The van der Waals surface area contributed by atoms with E-state index < -0.39 is 11.3 Å². The number of rotatable bonds is 6. The lowest BCUT2D eigenvalue weighted by Crippen LogP contribution is -2.66. The summed E-state index contributed by atoms with van der Waals surface area (Å²) in [6.45, 7) is 4.72. The topological polar surface area (TPSA) is 92.2 Å². The number of aromatic nitrogens is 3. The third-order valence-electron chi connectivity index (χ3n) is 7.04. The number of nitrogens with one attached hydrogen (secondary N) is 2. The molecule has 2 fully saturated rings. The average Bonchev–Trinajstić information content (AvgIpc) is 2.79. The van der Waals surface area contributed by atoms with Crippen LogP contribution in [0.1, 0.15) is 47.4 Å². The largest absolute Gasteiger partial charge is 0.377 e. The molecule has 8 nitrogen and oxygen atoms in total. The Bertz CT molecular complexity index is 1460. The number of halogens is 3. The highest BCUT2D eigenvalue weighted by molar-refractivity contribution is 7.97. The Kier molecular flexibility index (Phi) is 6.34. The summed E-state index contributed by atoms with van der Waals surface area (Å²) in [6, 6.07) is 6.68. The van der Waals surface area contributed by atoms with Crippen molar-refractivity contribution >= 4 is 52.0 Å². The summed E-state index contributed by atoms with van der Waals surface area (Å²) >= 11 is 7.20. The molecule has 196 valence electrons. The second-order valence-corrected chi connectivity index (χ2v) is 11.1. The summed E-state index contributed by atoms with van der Waals surface area (Å²) in [5.41, 5.74) is 2.22. The molecular weight excluding hydrogens is 522 g/mol. The van der Waals surface area contributed by atoms with Crippen LogP contribution in [-0.2, 0) is 7.05 Å². The number of benzene rings is 1. The average molecular weight is 549 g/mol. The molecule has 1 saturated carbocycles. The second kappa shape index (κ2) is 9.13. The molecule has 1 unspecified atom stereocenters. The van der Waals surface area contributed by atoms with Crippen LogP contribution >= 0.6 is 23.5 Å². The van der Waals surface area contributed by atoms with Crippen LogP contribution in [0.5, 0.6) is 0 Å². The quantitative estimate of drug-likeness (QED) is 0.340. The minimum atomic E-state index is -2.59. The molecule has 1 spiro atoms. The second-order valence-electron chi connectivity index (χ2n) is 10.1. The highest BCUT2D eigenvalue weighted by atomic mass is 35.5. The molecule has 5 rings (SSSR count). The minimum absolute atomic E-state index is 0.120. The van der Waals surface area contributed by atoms with Gasteiger partial charge in [0.25, 0.3) is 11.5 Å². The molecule has 0 radical (unpaired) electrons. The van der Waals surface area contributed by atoms with Gasteiger partial charge in [0.1, 0.15) is 5.15 Å². The lowest BCUT2D eigenvalue weighted by atomic mass is 9.61. The molecule has 2 aromatic heterocycles. The van der Waals surface area contributed by atoms with Gasteiger partial charge in [-0.3, -0.25) is 18.9 Å². The van der Waals surface area contributed by atoms with Crippen LogP contribution in [0.15, 0.2) is 29.1 Å². The number of nitrogens with zero attached hydrogens (tertiary/aromatic N) is 4. The van der Waals surface area contributed by atoms with Gasteiger partial charge in [0, 0.05) is 50.2 Å². The number of hydrogen-bond acceptors (Lipinski definition) is 7. The maximum atomic E-state index is 13.5. The van der Waals surface area contributed by atoms with Crippen LogP contribution in [0.2, 0.25) is 5.15 Å². The highest BCUT2D eigenvalue weighted by Gasteiger charge is 2.62. The standard InChI is InChI=1S/C25H27ClF2N6O2S/c1-13-7-15(14(2)29-17-5-6-18(26)30-20(17)21(35)32-37-4)19-16(8-13)22(36)33(3)23(31-19)34-11-24(12-34)9-25(27,28)10-24/h5-8,14,29H,9-12H2,1-4H3,(H,32,35). The van der Waals surface area contributed by atoms with E-state index in [1.807, 2.05) is 24.8 Å². The molecule has 3 aromatic rings. The van der Waals surface area contributed by atoms with Gasteiger partial charge in [-0.25, -0.2) is 18.7 Å². The fraction of sp³-hybridized carbons (Fsp3) is 0.440. The van der Waals surface area contributed by atoms with Crippen molar-refractivity contribution in [3.8, 4) is 0 Å². The Labute approximate surface area is 221 Å². The first-order valence-electron chi connectivity index (χ1n) is 11.8. The third kappa shape index (κ3) is 4.63. The number of fused-ring (bicyclic) bond motifs is 1. The number of amides is 1. The first-order chi connectivity index (χ1) is 17.4. The number of alkyl halides is 2. The van der Waals surface area contributed by atoms with E-state index in [2.05, 4.69) is 15.0 Å². The van der Waals surface area contributed by atoms with Crippen LogP contribution < -0.4 is 20.5 Å². The van der Waals surface area contributed by atoms with E-state index in [1.54, 1.807) is 31.5 Å². The van der Waals surface area contributed by atoms with Gasteiger partial charge in [0.05, 0.1) is 22.6 Å². The van der Waals surface area contributed by atoms with Gasteiger partial charge in [-0.15, -0.1) is 0 Å². The van der Waals surface area contributed by atoms with E-state index in [0.717, 1.165) is 23.1 Å². The normalized spacial score (nSPS) is 18.3. The van der Waals surface area contributed by atoms with E-state index in [0.29, 0.717) is 35.6 Å². The van der Waals surface area contributed by atoms with Crippen molar-refractivity contribution < 1.29 is 13.6 Å². The van der Waals surface area contributed by atoms with Crippen molar-refractivity contribution in [2.45, 2.75) is 38.7 Å². The molecule has 1 amide bonds. The zero-order valence-corrected chi connectivity index (χ0v) is 22.4. The molecule has 1 aliphatic carbocycles. The predicted molar refractivity (Wildman–Crippen MR) is 143 cm³/mol. The van der Waals surface area contributed by atoms with E-state index in [1.165, 1.54) is 4.57 Å². The summed E-state index contributed by atoms with van der Waals surface area (Å²) in [6.07, 6.45) is 1.49.